The molecule has 0 atom stereocenters. The average molecular weight is 273 g/mol. The molecule has 0 amide bonds. The van der Waals surface area contributed by atoms with Gasteiger partial charge in [0.15, 0.2) is 0 Å². The lowest BCUT2D eigenvalue weighted by atomic mass is 9.83. The molecule has 2 rings (SSSR count). The van der Waals surface area contributed by atoms with E-state index in [-0.39, 0.29) is 5.41 Å². The van der Waals surface area contributed by atoms with Crippen molar-refractivity contribution in [1.29, 1.82) is 0 Å². The van der Waals surface area contributed by atoms with Gasteiger partial charge in [0.05, 0.1) is 5.75 Å². The van der Waals surface area contributed by atoms with Crippen LogP contribution in [-0.2, 0) is 9.84 Å². The Labute approximate surface area is 112 Å². The highest BCUT2D eigenvalue weighted by Crippen LogP contribution is 2.41. The summed E-state index contributed by atoms with van der Waals surface area (Å²) in [5.41, 5.74) is 0.281. The standard InChI is InChI=1S/C14H27NO2S/c1-2-10-18(16,17)11-9-14(7-3-4-8-14)12-15-13-5-6-13/h13,15H,2-12H2,1H3. The molecule has 1 N–H and O–H groups in total. The summed E-state index contributed by atoms with van der Waals surface area (Å²) in [6, 6.07) is 0.731. The van der Waals surface area contributed by atoms with Gasteiger partial charge in [0, 0.05) is 18.3 Å². The van der Waals surface area contributed by atoms with E-state index in [0.29, 0.717) is 11.5 Å². The predicted molar refractivity (Wildman–Crippen MR) is 75.5 cm³/mol. The molecule has 3 nitrogen and oxygen atoms in total. The summed E-state index contributed by atoms with van der Waals surface area (Å²) in [5, 5.41) is 3.61. The first-order valence-corrected chi connectivity index (χ1v) is 9.31. The minimum Gasteiger partial charge on any atom is -0.313 e. The third kappa shape index (κ3) is 4.23. The maximum atomic E-state index is 11.9. The Kier molecular flexibility index (Phi) is 4.70. The van der Waals surface area contributed by atoms with Gasteiger partial charge in [-0.3, -0.25) is 0 Å². The second-order valence-corrected chi connectivity index (χ2v) is 8.57. The SMILES string of the molecule is CCCS(=O)(=O)CCC1(CNC2CC2)CCCC1. The Bertz CT molecular complexity index is 354. The molecule has 0 bridgehead atoms. The fraction of sp³-hybridized carbons (Fsp3) is 1.00. The van der Waals surface area contributed by atoms with Crippen molar-refractivity contribution < 1.29 is 8.42 Å². The number of hydrogen-bond acceptors (Lipinski definition) is 3. The lowest BCUT2D eigenvalue weighted by Crippen LogP contribution is -2.35. The van der Waals surface area contributed by atoms with Crippen molar-refractivity contribution in [3.8, 4) is 0 Å². The van der Waals surface area contributed by atoms with Crippen LogP contribution in [0.1, 0.15) is 58.3 Å². The van der Waals surface area contributed by atoms with E-state index < -0.39 is 9.84 Å². The highest BCUT2D eigenvalue weighted by atomic mass is 32.2. The molecule has 0 aromatic heterocycles. The number of rotatable bonds is 8. The van der Waals surface area contributed by atoms with Gasteiger partial charge in [0.1, 0.15) is 9.84 Å². The zero-order valence-electron chi connectivity index (χ0n) is 11.6. The third-order valence-corrected chi connectivity index (χ3v) is 6.32. The molecule has 2 aliphatic carbocycles. The van der Waals surface area contributed by atoms with E-state index in [1.807, 2.05) is 6.92 Å². The summed E-state index contributed by atoms with van der Waals surface area (Å²) in [6.45, 7) is 2.98. The van der Waals surface area contributed by atoms with Gasteiger partial charge < -0.3 is 5.32 Å². The minimum absolute atomic E-state index is 0.281. The quantitative estimate of drug-likeness (QED) is 0.739. The highest BCUT2D eigenvalue weighted by Gasteiger charge is 2.36. The van der Waals surface area contributed by atoms with Crippen LogP contribution >= 0.6 is 0 Å². The van der Waals surface area contributed by atoms with Crippen LogP contribution in [0.25, 0.3) is 0 Å². The number of hydrogen-bond donors (Lipinski definition) is 1. The van der Waals surface area contributed by atoms with Crippen LogP contribution in [0, 0.1) is 5.41 Å². The summed E-state index contributed by atoms with van der Waals surface area (Å²) >= 11 is 0. The van der Waals surface area contributed by atoms with Crippen molar-refractivity contribution in [2.45, 2.75) is 64.3 Å². The van der Waals surface area contributed by atoms with E-state index >= 15 is 0 Å². The minimum atomic E-state index is -2.81. The maximum absolute atomic E-state index is 11.9. The van der Waals surface area contributed by atoms with E-state index in [1.165, 1.54) is 38.5 Å². The van der Waals surface area contributed by atoms with Gasteiger partial charge in [-0.15, -0.1) is 0 Å². The molecule has 0 aromatic rings. The highest BCUT2D eigenvalue weighted by molar-refractivity contribution is 7.91. The van der Waals surface area contributed by atoms with Crippen LogP contribution in [0.3, 0.4) is 0 Å². The second kappa shape index (κ2) is 5.91. The average Bonchev–Trinajstić information content (AvgIpc) is 3.04. The molecule has 4 heteroatoms. The topological polar surface area (TPSA) is 46.2 Å². The summed E-state index contributed by atoms with van der Waals surface area (Å²) in [7, 11) is -2.81. The molecular weight excluding hydrogens is 246 g/mol. The van der Waals surface area contributed by atoms with Gasteiger partial charge in [0.25, 0.3) is 0 Å². The van der Waals surface area contributed by atoms with Crippen molar-refractivity contribution in [1.82, 2.24) is 5.32 Å². The van der Waals surface area contributed by atoms with Crippen molar-refractivity contribution >= 4 is 9.84 Å². The van der Waals surface area contributed by atoms with Crippen molar-refractivity contribution in [3.63, 3.8) is 0 Å². The van der Waals surface area contributed by atoms with E-state index in [0.717, 1.165) is 25.4 Å². The first kappa shape index (κ1) is 14.3. The van der Waals surface area contributed by atoms with Crippen LogP contribution in [0.15, 0.2) is 0 Å². The molecule has 2 fully saturated rings. The molecule has 0 spiro atoms. The molecule has 0 aromatic carbocycles. The van der Waals surface area contributed by atoms with E-state index in [4.69, 9.17) is 0 Å². The Morgan fingerprint density at radius 1 is 1.17 bits per heavy atom. The molecule has 18 heavy (non-hydrogen) atoms. The van der Waals surface area contributed by atoms with Gasteiger partial charge >= 0.3 is 0 Å². The van der Waals surface area contributed by atoms with E-state index in [1.54, 1.807) is 0 Å². The Morgan fingerprint density at radius 3 is 2.39 bits per heavy atom. The van der Waals surface area contributed by atoms with Crippen LogP contribution in [0.5, 0.6) is 0 Å². The van der Waals surface area contributed by atoms with Crippen molar-refractivity contribution in [2.75, 3.05) is 18.1 Å². The molecule has 106 valence electrons. The lowest BCUT2D eigenvalue weighted by molar-refractivity contribution is 0.269. The van der Waals surface area contributed by atoms with Crippen LogP contribution in [0.2, 0.25) is 0 Å². The first-order valence-electron chi connectivity index (χ1n) is 7.49. The number of sulfone groups is 1. The van der Waals surface area contributed by atoms with Gasteiger partial charge in [0.2, 0.25) is 0 Å². The summed E-state index contributed by atoms with van der Waals surface area (Å²) in [5.74, 6) is 0.756. The largest absolute Gasteiger partial charge is 0.313 e. The molecule has 2 aliphatic rings. The first-order chi connectivity index (χ1) is 8.55. The van der Waals surface area contributed by atoms with Gasteiger partial charge in [-0.1, -0.05) is 19.8 Å². The predicted octanol–water partition coefficient (Wildman–Crippen LogP) is 2.51. The van der Waals surface area contributed by atoms with Crippen LogP contribution in [0.4, 0.5) is 0 Å². The summed E-state index contributed by atoms with van der Waals surface area (Å²) in [6.07, 6.45) is 9.22. The van der Waals surface area contributed by atoms with Crippen molar-refractivity contribution in [2.24, 2.45) is 5.41 Å². The van der Waals surface area contributed by atoms with Crippen LogP contribution in [-0.4, -0.2) is 32.5 Å². The monoisotopic (exact) mass is 273 g/mol. The normalized spacial score (nSPS) is 23.4. The van der Waals surface area contributed by atoms with E-state index in [2.05, 4.69) is 5.32 Å². The third-order valence-electron chi connectivity index (χ3n) is 4.47. The zero-order valence-corrected chi connectivity index (χ0v) is 12.4. The fourth-order valence-electron chi connectivity index (χ4n) is 3.07. The lowest BCUT2D eigenvalue weighted by Gasteiger charge is -2.29. The Balaban J connectivity index is 1.84. The molecule has 0 radical (unpaired) electrons. The fourth-order valence-corrected chi connectivity index (χ4v) is 4.64. The van der Waals surface area contributed by atoms with Gasteiger partial charge in [-0.05, 0) is 43.9 Å². The molecular formula is C14H27NO2S. The summed E-state index contributed by atoms with van der Waals surface area (Å²) < 4.78 is 23.7. The zero-order chi connectivity index (χ0) is 13.1. The van der Waals surface area contributed by atoms with Gasteiger partial charge in [-0.2, -0.15) is 0 Å². The van der Waals surface area contributed by atoms with Gasteiger partial charge in [-0.25, -0.2) is 8.42 Å². The number of nitrogens with one attached hydrogen (secondary N) is 1. The van der Waals surface area contributed by atoms with E-state index in [9.17, 15) is 8.42 Å². The Hall–Kier alpha value is -0.0900. The molecule has 0 heterocycles. The molecule has 2 saturated carbocycles. The maximum Gasteiger partial charge on any atom is 0.150 e. The molecule has 0 unspecified atom stereocenters. The summed E-state index contributed by atoms with van der Waals surface area (Å²) in [4.78, 5) is 0. The smallest absolute Gasteiger partial charge is 0.150 e. The molecule has 0 aliphatic heterocycles. The van der Waals surface area contributed by atoms with Crippen molar-refractivity contribution in [3.05, 3.63) is 0 Å². The second-order valence-electron chi connectivity index (χ2n) is 6.26. The van der Waals surface area contributed by atoms with Crippen LogP contribution < -0.4 is 5.32 Å². The molecule has 0 saturated heterocycles. The Morgan fingerprint density at radius 2 is 1.83 bits per heavy atom.